The lowest BCUT2D eigenvalue weighted by atomic mass is 9.96. The van der Waals surface area contributed by atoms with Crippen molar-refractivity contribution in [2.45, 2.75) is 45.2 Å². The van der Waals surface area contributed by atoms with Gasteiger partial charge in [0.2, 0.25) is 5.91 Å². The highest BCUT2D eigenvalue weighted by Crippen LogP contribution is 2.35. The van der Waals surface area contributed by atoms with E-state index in [1.54, 1.807) is 11.8 Å². The first kappa shape index (κ1) is 18.8. The number of methoxy groups -OCH3 is 1. The van der Waals surface area contributed by atoms with Gasteiger partial charge in [-0.1, -0.05) is 13.8 Å². The molecule has 0 radical (unpaired) electrons. The molecule has 1 aliphatic rings. The summed E-state index contributed by atoms with van der Waals surface area (Å²) in [6, 6.07) is 0. The second-order valence-corrected chi connectivity index (χ2v) is 7.14. The van der Waals surface area contributed by atoms with E-state index in [4.69, 9.17) is 4.74 Å². The number of likely N-dealkylation sites (tertiary alicyclic amines) is 1. The maximum absolute atomic E-state index is 12.5. The van der Waals surface area contributed by atoms with Gasteiger partial charge in [-0.05, 0) is 43.3 Å². The van der Waals surface area contributed by atoms with Crippen molar-refractivity contribution in [1.29, 1.82) is 0 Å². The number of rotatable bonds is 8. The van der Waals surface area contributed by atoms with Crippen LogP contribution in [0.1, 0.15) is 38.9 Å². The third kappa shape index (κ3) is 3.92. The summed E-state index contributed by atoms with van der Waals surface area (Å²) in [4.78, 5) is 16.6. The average molecular weight is 338 g/mol. The van der Waals surface area contributed by atoms with E-state index in [0.29, 0.717) is 32.0 Å². The smallest absolute Gasteiger partial charge is 0.222 e. The first-order valence-corrected chi connectivity index (χ1v) is 8.61. The second kappa shape index (κ2) is 8.02. The topological polar surface area (TPSA) is 76.4 Å². The van der Waals surface area contributed by atoms with Crippen molar-refractivity contribution in [1.82, 2.24) is 30.0 Å². The molecule has 1 fully saturated rings. The van der Waals surface area contributed by atoms with Gasteiger partial charge < -0.3 is 9.64 Å². The summed E-state index contributed by atoms with van der Waals surface area (Å²) in [5, 5.41) is 12.2. The fourth-order valence-corrected chi connectivity index (χ4v) is 3.19. The monoisotopic (exact) mass is 338 g/mol. The molecular formula is C16H30N6O2. The van der Waals surface area contributed by atoms with E-state index in [9.17, 15) is 4.79 Å². The van der Waals surface area contributed by atoms with Gasteiger partial charge in [-0.25, -0.2) is 4.68 Å². The van der Waals surface area contributed by atoms with Gasteiger partial charge in [-0.3, -0.25) is 9.69 Å². The van der Waals surface area contributed by atoms with Crippen LogP contribution in [-0.2, 0) is 21.6 Å². The van der Waals surface area contributed by atoms with Crippen LogP contribution < -0.4 is 0 Å². The van der Waals surface area contributed by atoms with Crippen LogP contribution in [0.4, 0.5) is 0 Å². The molecular weight excluding hydrogens is 308 g/mol. The van der Waals surface area contributed by atoms with Crippen LogP contribution in [0.2, 0.25) is 0 Å². The molecule has 1 atom stereocenters. The van der Waals surface area contributed by atoms with Crippen molar-refractivity contribution < 1.29 is 9.53 Å². The Morgan fingerprint density at radius 1 is 1.42 bits per heavy atom. The number of hydrogen-bond donors (Lipinski definition) is 0. The zero-order chi connectivity index (χ0) is 17.7. The SMILES string of the molecule is COCCn1nnnc1C1(N(C)C)CCN(C(=O)CCC(C)C)C1. The first-order chi connectivity index (χ1) is 11.4. The van der Waals surface area contributed by atoms with Crippen LogP contribution in [0.25, 0.3) is 0 Å². The van der Waals surface area contributed by atoms with E-state index in [1.807, 2.05) is 19.0 Å². The highest BCUT2D eigenvalue weighted by atomic mass is 16.5. The molecule has 2 rings (SSSR count). The molecule has 1 amide bonds. The molecule has 0 N–H and O–H groups in total. The Labute approximate surface area is 144 Å². The van der Waals surface area contributed by atoms with E-state index in [0.717, 1.165) is 25.2 Å². The normalized spacial score (nSPS) is 21.2. The summed E-state index contributed by atoms with van der Waals surface area (Å²) in [6.45, 7) is 6.82. The Balaban J connectivity index is 2.16. The molecule has 8 heteroatoms. The number of carbonyl (C=O) groups excluding carboxylic acids is 1. The number of tetrazole rings is 1. The molecule has 1 aromatic heterocycles. The standard InChI is InChI=1S/C16H30N6O2/c1-13(2)6-7-14(23)21-9-8-16(12-21,20(3)4)15-17-18-19-22(15)10-11-24-5/h13H,6-12H2,1-5H3. The van der Waals surface area contributed by atoms with Crippen molar-refractivity contribution in [3.63, 3.8) is 0 Å². The number of amides is 1. The molecule has 0 saturated carbocycles. The maximum Gasteiger partial charge on any atom is 0.222 e. The van der Waals surface area contributed by atoms with E-state index in [1.165, 1.54) is 0 Å². The quantitative estimate of drug-likeness (QED) is 0.696. The summed E-state index contributed by atoms with van der Waals surface area (Å²) < 4.78 is 6.94. The lowest BCUT2D eigenvalue weighted by molar-refractivity contribution is -0.131. The number of aromatic nitrogens is 4. The van der Waals surface area contributed by atoms with Crippen LogP contribution in [0.5, 0.6) is 0 Å². The van der Waals surface area contributed by atoms with E-state index >= 15 is 0 Å². The third-order valence-electron chi connectivity index (χ3n) is 4.85. The molecule has 1 aliphatic heterocycles. The minimum atomic E-state index is -0.343. The highest BCUT2D eigenvalue weighted by Gasteiger charge is 2.46. The molecule has 0 aromatic carbocycles. The van der Waals surface area contributed by atoms with Gasteiger partial charge in [0, 0.05) is 26.6 Å². The Bertz CT molecular complexity index is 544. The van der Waals surface area contributed by atoms with Gasteiger partial charge in [0.25, 0.3) is 0 Å². The fraction of sp³-hybridized carbons (Fsp3) is 0.875. The Morgan fingerprint density at radius 3 is 2.79 bits per heavy atom. The van der Waals surface area contributed by atoms with Crippen molar-refractivity contribution in [3.05, 3.63) is 5.82 Å². The van der Waals surface area contributed by atoms with Gasteiger partial charge in [0.1, 0.15) is 5.54 Å². The second-order valence-electron chi connectivity index (χ2n) is 7.14. The molecule has 24 heavy (non-hydrogen) atoms. The molecule has 0 spiro atoms. The number of likely N-dealkylation sites (N-methyl/N-ethyl adjacent to an activating group) is 1. The minimum absolute atomic E-state index is 0.225. The van der Waals surface area contributed by atoms with E-state index < -0.39 is 0 Å². The predicted molar refractivity (Wildman–Crippen MR) is 90.3 cm³/mol. The Hall–Kier alpha value is -1.54. The lowest BCUT2D eigenvalue weighted by Crippen LogP contribution is -2.47. The van der Waals surface area contributed by atoms with Crippen LogP contribution >= 0.6 is 0 Å². The largest absolute Gasteiger partial charge is 0.383 e. The Kier molecular flexibility index (Phi) is 6.28. The van der Waals surface area contributed by atoms with Crippen molar-refractivity contribution in [2.24, 2.45) is 5.92 Å². The highest BCUT2D eigenvalue weighted by molar-refractivity contribution is 5.76. The van der Waals surface area contributed by atoms with Crippen LogP contribution in [-0.4, -0.2) is 76.8 Å². The number of hydrogen-bond acceptors (Lipinski definition) is 6. The molecule has 2 heterocycles. The van der Waals surface area contributed by atoms with Crippen LogP contribution in [0.15, 0.2) is 0 Å². The van der Waals surface area contributed by atoms with Crippen molar-refractivity contribution in [3.8, 4) is 0 Å². The lowest BCUT2D eigenvalue weighted by Gasteiger charge is -2.34. The first-order valence-electron chi connectivity index (χ1n) is 8.61. The summed E-state index contributed by atoms with van der Waals surface area (Å²) in [5.41, 5.74) is -0.343. The predicted octanol–water partition coefficient (Wildman–Crippen LogP) is 0.745. The fourth-order valence-electron chi connectivity index (χ4n) is 3.19. The number of ether oxygens (including phenoxy) is 1. The Morgan fingerprint density at radius 2 is 2.17 bits per heavy atom. The van der Waals surface area contributed by atoms with Gasteiger partial charge in [0.15, 0.2) is 5.82 Å². The summed E-state index contributed by atoms with van der Waals surface area (Å²) in [6.07, 6.45) is 2.37. The molecule has 0 aliphatic carbocycles. The van der Waals surface area contributed by atoms with Gasteiger partial charge >= 0.3 is 0 Å². The van der Waals surface area contributed by atoms with Crippen LogP contribution in [0.3, 0.4) is 0 Å². The minimum Gasteiger partial charge on any atom is -0.383 e. The van der Waals surface area contributed by atoms with Gasteiger partial charge in [-0.15, -0.1) is 5.10 Å². The van der Waals surface area contributed by atoms with Gasteiger partial charge in [0.05, 0.1) is 13.2 Å². The summed E-state index contributed by atoms with van der Waals surface area (Å²) in [7, 11) is 5.71. The maximum atomic E-state index is 12.5. The van der Waals surface area contributed by atoms with Crippen LogP contribution in [0, 0.1) is 5.92 Å². The molecule has 1 unspecified atom stereocenters. The summed E-state index contributed by atoms with van der Waals surface area (Å²) >= 11 is 0. The third-order valence-corrected chi connectivity index (χ3v) is 4.85. The van der Waals surface area contributed by atoms with Gasteiger partial charge in [-0.2, -0.15) is 0 Å². The van der Waals surface area contributed by atoms with Crippen molar-refractivity contribution in [2.75, 3.05) is 40.9 Å². The van der Waals surface area contributed by atoms with E-state index in [-0.39, 0.29) is 11.4 Å². The molecule has 136 valence electrons. The molecule has 1 aromatic rings. The average Bonchev–Trinajstić information content (AvgIpc) is 3.17. The van der Waals surface area contributed by atoms with E-state index in [2.05, 4.69) is 34.3 Å². The zero-order valence-electron chi connectivity index (χ0n) is 15.5. The molecule has 1 saturated heterocycles. The molecule has 0 bridgehead atoms. The van der Waals surface area contributed by atoms with Crippen molar-refractivity contribution >= 4 is 5.91 Å². The molecule has 8 nitrogen and oxygen atoms in total. The number of carbonyl (C=O) groups is 1. The number of nitrogens with zero attached hydrogens (tertiary/aromatic N) is 6. The summed E-state index contributed by atoms with van der Waals surface area (Å²) in [5.74, 6) is 1.57. The zero-order valence-corrected chi connectivity index (χ0v) is 15.5.